The van der Waals surface area contributed by atoms with Crippen molar-refractivity contribution in [2.45, 2.75) is 24.8 Å². The third-order valence-electron chi connectivity index (χ3n) is 2.65. The summed E-state index contributed by atoms with van der Waals surface area (Å²) in [5, 5.41) is 0.607. The van der Waals surface area contributed by atoms with Crippen molar-refractivity contribution in [3.63, 3.8) is 0 Å². The lowest BCUT2D eigenvalue weighted by molar-refractivity contribution is 0.410. The highest BCUT2D eigenvalue weighted by atomic mass is 32.2. The van der Waals surface area contributed by atoms with Gasteiger partial charge in [0.25, 0.3) is 5.56 Å². The first kappa shape index (κ1) is 13.6. The van der Waals surface area contributed by atoms with Crippen LogP contribution in [0.2, 0.25) is 0 Å². The second-order valence-corrected chi connectivity index (χ2v) is 5.02. The van der Waals surface area contributed by atoms with Gasteiger partial charge in [0, 0.05) is 35.0 Å². The lowest BCUT2D eigenvalue weighted by Crippen LogP contribution is -2.08. The number of H-pyrrole nitrogens is 1. The molecule has 0 unspecified atom stereocenters. The predicted octanol–water partition coefficient (Wildman–Crippen LogP) is 2.08. The number of pyridine rings is 1. The zero-order valence-corrected chi connectivity index (χ0v) is 11.9. The van der Waals surface area contributed by atoms with E-state index in [9.17, 15) is 4.79 Å². The Morgan fingerprint density at radius 2 is 2.21 bits per heavy atom. The van der Waals surface area contributed by atoms with Crippen LogP contribution >= 0.6 is 11.8 Å². The highest BCUT2D eigenvalue weighted by molar-refractivity contribution is 7.98. The molecule has 2 aromatic rings. The number of nitrogens with zero attached hydrogens (tertiary/aromatic N) is 2. The van der Waals surface area contributed by atoms with Gasteiger partial charge in [0.1, 0.15) is 5.75 Å². The van der Waals surface area contributed by atoms with Gasteiger partial charge >= 0.3 is 0 Å². The Morgan fingerprint density at radius 3 is 2.89 bits per heavy atom. The summed E-state index contributed by atoms with van der Waals surface area (Å²) >= 11 is 1.46. The van der Waals surface area contributed by atoms with Crippen molar-refractivity contribution in [1.82, 2.24) is 15.0 Å². The molecule has 0 fully saturated rings. The molecule has 0 amide bonds. The van der Waals surface area contributed by atoms with Gasteiger partial charge in [-0.05, 0) is 19.9 Å². The van der Waals surface area contributed by atoms with Crippen molar-refractivity contribution in [2.24, 2.45) is 0 Å². The first-order valence-corrected chi connectivity index (χ1v) is 6.78. The number of aryl methyl sites for hydroxylation is 2. The Kier molecular flexibility index (Phi) is 4.21. The summed E-state index contributed by atoms with van der Waals surface area (Å²) in [5.74, 6) is 1.45. The minimum absolute atomic E-state index is 0.134. The monoisotopic (exact) mass is 277 g/mol. The number of rotatable bonds is 4. The summed E-state index contributed by atoms with van der Waals surface area (Å²) in [7, 11) is 1.63. The van der Waals surface area contributed by atoms with Crippen LogP contribution in [0.5, 0.6) is 5.75 Å². The van der Waals surface area contributed by atoms with E-state index in [4.69, 9.17) is 4.74 Å². The van der Waals surface area contributed by atoms with Gasteiger partial charge in [-0.15, -0.1) is 0 Å². The molecule has 0 saturated carbocycles. The molecule has 0 aliphatic heterocycles. The van der Waals surface area contributed by atoms with E-state index in [0.29, 0.717) is 16.6 Å². The lowest BCUT2D eigenvalue weighted by atomic mass is 10.2. The van der Waals surface area contributed by atoms with Gasteiger partial charge in [-0.25, -0.2) is 4.98 Å². The number of hydrogen-bond acceptors (Lipinski definition) is 5. The molecule has 0 aromatic carbocycles. The largest absolute Gasteiger partial charge is 0.496 e. The van der Waals surface area contributed by atoms with E-state index in [1.165, 1.54) is 17.8 Å². The quantitative estimate of drug-likeness (QED) is 0.684. The van der Waals surface area contributed by atoms with Gasteiger partial charge < -0.3 is 9.72 Å². The smallest absolute Gasteiger partial charge is 0.251 e. The number of nitrogens with one attached hydrogen (secondary N) is 1. The second kappa shape index (κ2) is 5.88. The van der Waals surface area contributed by atoms with E-state index in [1.54, 1.807) is 20.2 Å². The van der Waals surface area contributed by atoms with E-state index >= 15 is 0 Å². The first-order valence-electron chi connectivity index (χ1n) is 5.79. The van der Waals surface area contributed by atoms with Crippen LogP contribution in [0.3, 0.4) is 0 Å². The Hall–Kier alpha value is -1.82. The highest BCUT2D eigenvalue weighted by Crippen LogP contribution is 2.27. The SMILES string of the molecule is COc1ccnc(C)c1CSc1nc(C)cc(=O)[nH]1. The van der Waals surface area contributed by atoms with Gasteiger partial charge in [0.15, 0.2) is 5.16 Å². The topological polar surface area (TPSA) is 67.9 Å². The van der Waals surface area contributed by atoms with E-state index < -0.39 is 0 Å². The molecule has 0 spiro atoms. The molecular formula is C13H15N3O2S. The third kappa shape index (κ3) is 3.35. The van der Waals surface area contributed by atoms with Gasteiger partial charge in [-0.3, -0.25) is 9.78 Å². The maximum atomic E-state index is 11.4. The number of thioether (sulfide) groups is 1. The maximum absolute atomic E-state index is 11.4. The Balaban J connectivity index is 2.21. The molecule has 2 heterocycles. The maximum Gasteiger partial charge on any atom is 0.251 e. The van der Waals surface area contributed by atoms with E-state index in [2.05, 4.69) is 15.0 Å². The van der Waals surface area contributed by atoms with Crippen molar-refractivity contribution in [2.75, 3.05) is 7.11 Å². The summed E-state index contributed by atoms with van der Waals surface area (Å²) < 4.78 is 5.32. The number of ether oxygens (including phenoxy) is 1. The lowest BCUT2D eigenvalue weighted by Gasteiger charge is -2.10. The Bertz CT molecular complexity index is 640. The fourth-order valence-corrected chi connectivity index (χ4v) is 2.71. The van der Waals surface area contributed by atoms with Crippen molar-refractivity contribution in [3.8, 4) is 5.75 Å². The number of methoxy groups -OCH3 is 1. The van der Waals surface area contributed by atoms with Crippen molar-refractivity contribution < 1.29 is 4.74 Å². The molecule has 0 aliphatic rings. The molecule has 100 valence electrons. The fourth-order valence-electron chi connectivity index (χ4n) is 1.70. The second-order valence-electron chi connectivity index (χ2n) is 4.06. The van der Waals surface area contributed by atoms with Crippen LogP contribution in [-0.4, -0.2) is 22.1 Å². The third-order valence-corrected chi connectivity index (χ3v) is 3.55. The number of aromatic amines is 1. The standard InChI is InChI=1S/C13H15N3O2S/c1-8-6-12(17)16-13(15-8)19-7-10-9(2)14-5-4-11(10)18-3/h4-6H,7H2,1-3H3,(H,15,16,17). The van der Waals surface area contributed by atoms with Gasteiger partial charge in [-0.2, -0.15) is 0 Å². The van der Waals surface area contributed by atoms with Crippen LogP contribution in [0.4, 0.5) is 0 Å². The summed E-state index contributed by atoms with van der Waals surface area (Å²) in [4.78, 5) is 22.6. The predicted molar refractivity (Wildman–Crippen MR) is 74.7 cm³/mol. The normalized spacial score (nSPS) is 10.5. The van der Waals surface area contributed by atoms with Crippen LogP contribution in [-0.2, 0) is 5.75 Å². The molecular weight excluding hydrogens is 262 g/mol. The van der Waals surface area contributed by atoms with Crippen molar-refractivity contribution >= 4 is 11.8 Å². The van der Waals surface area contributed by atoms with E-state index in [0.717, 1.165) is 17.0 Å². The van der Waals surface area contributed by atoms with Crippen LogP contribution in [0.1, 0.15) is 17.0 Å². The summed E-state index contributed by atoms with van der Waals surface area (Å²) in [5.41, 5.74) is 2.51. The minimum atomic E-state index is -0.134. The molecule has 5 nitrogen and oxygen atoms in total. The molecule has 1 N–H and O–H groups in total. The van der Waals surface area contributed by atoms with Gasteiger partial charge in [-0.1, -0.05) is 11.8 Å². The average Bonchev–Trinajstić information content (AvgIpc) is 2.36. The molecule has 19 heavy (non-hydrogen) atoms. The van der Waals surface area contributed by atoms with Gasteiger partial charge in [0.2, 0.25) is 0 Å². The zero-order chi connectivity index (χ0) is 13.8. The molecule has 2 rings (SSSR count). The minimum Gasteiger partial charge on any atom is -0.496 e. The average molecular weight is 277 g/mol. The number of aromatic nitrogens is 3. The number of hydrogen-bond donors (Lipinski definition) is 1. The van der Waals surface area contributed by atoms with Crippen LogP contribution in [0, 0.1) is 13.8 Å². The van der Waals surface area contributed by atoms with Crippen LogP contribution in [0.15, 0.2) is 28.3 Å². The molecule has 0 radical (unpaired) electrons. The fraction of sp³-hybridized carbons (Fsp3) is 0.308. The van der Waals surface area contributed by atoms with Crippen LogP contribution < -0.4 is 10.3 Å². The molecule has 0 atom stereocenters. The molecule has 2 aromatic heterocycles. The van der Waals surface area contributed by atoms with Crippen molar-refractivity contribution in [1.29, 1.82) is 0 Å². The summed E-state index contributed by atoms with van der Waals surface area (Å²) in [6.07, 6.45) is 1.72. The van der Waals surface area contributed by atoms with E-state index in [1.807, 2.05) is 13.0 Å². The molecule has 0 bridgehead atoms. The zero-order valence-electron chi connectivity index (χ0n) is 11.1. The summed E-state index contributed by atoms with van der Waals surface area (Å²) in [6.45, 7) is 3.74. The molecule has 6 heteroatoms. The summed E-state index contributed by atoms with van der Waals surface area (Å²) in [6, 6.07) is 3.30. The Labute approximate surface area is 115 Å². The first-order chi connectivity index (χ1) is 9.10. The van der Waals surface area contributed by atoms with Crippen LogP contribution in [0.25, 0.3) is 0 Å². The highest BCUT2D eigenvalue weighted by Gasteiger charge is 2.09. The molecule has 0 saturated heterocycles. The van der Waals surface area contributed by atoms with Gasteiger partial charge in [0.05, 0.1) is 7.11 Å². The molecule has 0 aliphatic carbocycles. The van der Waals surface area contributed by atoms with Crippen molar-refractivity contribution in [3.05, 3.63) is 45.6 Å². The Morgan fingerprint density at radius 1 is 1.42 bits per heavy atom. The van der Waals surface area contributed by atoms with E-state index in [-0.39, 0.29) is 5.56 Å².